The Morgan fingerprint density at radius 1 is 1.00 bits per heavy atom. The van der Waals surface area contributed by atoms with E-state index >= 15 is 0 Å². The molecule has 1 atom stereocenters. The summed E-state index contributed by atoms with van der Waals surface area (Å²) in [5.74, 6) is -1.62. The molecule has 0 radical (unpaired) electrons. The van der Waals surface area contributed by atoms with Gasteiger partial charge < -0.3 is 10.1 Å². The average Bonchev–Trinajstić information content (AvgIpc) is 3.02. The standard InChI is InChI=1S/C24H26N2O5/c1-3-20(17-12-10-16(2)11-13-17)25-21(27)15-31-22(28)9-6-14-26-23(29)18-7-4-5-8-19(18)24(26)30/h4-5,7-8,10-13,20H,3,6,9,14-15H2,1-2H3,(H,25,27)/t20-/m1/s1. The number of ether oxygens (including phenoxy) is 1. The predicted molar refractivity (Wildman–Crippen MR) is 114 cm³/mol. The van der Waals surface area contributed by atoms with Gasteiger partial charge in [0.15, 0.2) is 6.61 Å². The van der Waals surface area contributed by atoms with E-state index in [0.29, 0.717) is 17.5 Å². The molecule has 0 spiro atoms. The Balaban J connectivity index is 1.40. The summed E-state index contributed by atoms with van der Waals surface area (Å²) >= 11 is 0. The van der Waals surface area contributed by atoms with Gasteiger partial charge in [0.25, 0.3) is 17.7 Å². The molecule has 0 bridgehead atoms. The van der Waals surface area contributed by atoms with Crippen LogP contribution < -0.4 is 5.32 Å². The molecule has 31 heavy (non-hydrogen) atoms. The maximum atomic E-state index is 12.3. The fourth-order valence-corrected chi connectivity index (χ4v) is 3.50. The van der Waals surface area contributed by atoms with Gasteiger partial charge in [-0.05, 0) is 37.5 Å². The third-order valence-electron chi connectivity index (χ3n) is 5.23. The van der Waals surface area contributed by atoms with Crippen LogP contribution in [0.3, 0.4) is 0 Å². The smallest absolute Gasteiger partial charge is 0.306 e. The molecule has 0 unspecified atom stereocenters. The summed E-state index contributed by atoms with van der Waals surface area (Å²) in [7, 11) is 0. The molecule has 1 heterocycles. The van der Waals surface area contributed by atoms with Crippen molar-refractivity contribution in [2.75, 3.05) is 13.2 Å². The lowest BCUT2D eigenvalue weighted by molar-refractivity contribution is -0.148. The van der Waals surface area contributed by atoms with E-state index in [1.54, 1.807) is 24.3 Å². The summed E-state index contributed by atoms with van der Waals surface area (Å²) in [6.07, 6.45) is 0.992. The van der Waals surface area contributed by atoms with Crippen LogP contribution in [0.5, 0.6) is 0 Å². The first-order valence-electron chi connectivity index (χ1n) is 10.4. The summed E-state index contributed by atoms with van der Waals surface area (Å²) in [6.45, 7) is 3.72. The molecule has 162 valence electrons. The molecule has 0 aromatic heterocycles. The van der Waals surface area contributed by atoms with Crippen LogP contribution in [-0.2, 0) is 14.3 Å². The lowest BCUT2D eigenvalue weighted by Crippen LogP contribution is -2.33. The van der Waals surface area contributed by atoms with Crippen molar-refractivity contribution < 1.29 is 23.9 Å². The van der Waals surface area contributed by atoms with E-state index < -0.39 is 5.97 Å². The van der Waals surface area contributed by atoms with Crippen molar-refractivity contribution in [2.45, 2.75) is 39.2 Å². The van der Waals surface area contributed by atoms with Gasteiger partial charge in [-0.3, -0.25) is 24.1 Å². The highest BCUT2D eigenvalue weighted by molar-refractivity contribution is 6.21. The number of carbonyl (C=O) groups excluding carboxylic acids is 4. The number of benzene rings is 2. The van der Waals surface area contributed by atoms with E-state index in [9.17, 15) is 19.2 Å². The molecular weight excluding hydrogens is 396 g/mol. The SMILES string of the molecule is CC[C@@H](NC(=O)COC(=O)CCCN1C(=O)c2ccccc2C1=O)c1ccc(C)cc1. The number of rotatable bonds is 9. The minimum absolute atomic E-state index is 0.00978. The number of nitrogens with one attached hydrogen (secondary N) is 1. The van der Waals surface area contributed by atoms with Crippen molar-refractivity contribution in [1.82, 2.24) is 10.2 Å². The first kappa shape index (κ1) is 22.2. The van der Waals surface area contributed by atoms with Crippen molar-refractivity contribution >= 4 is 23.7 Å². The molecule has 1 N–H and O–H groups in total. The number of fused-ring (bicyclic) bond motifs is 1. The van der Waals surface area contributed by atoms with Crippen LogP contribution in [0, 0.1) is 6.92 Å². The quantitative estimate of drug-likeness (QED) is 0.495. The van der Waals surface area contributed by atoms with E-state index in [0.717, 1.165) is 16.0 Å². The number of hydrogen-bond acceptors (Lipinski definition) is 5. The molecular formula is C24H26N2O5. The maximum absolute atomic E-state index is 12.3. The lowest BCUT2D eigenvalue weighted by Gasteiger charge is -2.18. The van der Waals surface area contributed by atoms with Crippen molar-refractivity contribution in [1.29, 1.82) is 0 Å². The number of esters is 1. The van der Waals surface area contributed by atoms with Crippen LogP contribution in [0.15, 0.2) is 48.5 Å². The molecule has 0 aliphatic carbocycles. The Hall–Kier alpha value is -3.48. The minimum atomic E-state index is -0.546. The molecule has 3 amide bonds. The van der Waals surface area contributed by atoms with Crippen LogP contribution in [0.4, 0.5) is 0 Å². The second-order valence-corrected chi connectivity index (χ2v) is 7.51. The van der Waals surface area contributed by atoms with Crippen LogP contribution in [-0.4, -0.2) is 41.7 Å². The van der Waals surface area contributed by atoms with Crippen molar-refractivity contribution in [3.63, 3.8) is 0 Å². The van der Waals surface area contributed by atoms with Crippen LogP contribution in [0.1, 0.15) is 64.1 Å². The fourth-order valence-electron chi connectivity index (χ4n) is 3.50. The summed E-state index contributed by atoms with van der Waals surface area (Å²) < 4.78 is 5.05. The molecule has 7 nitrogen and oxygen atoms in total. The van der Waals surface area contributed by atoms with E-state index in [2.05, 4.69) is 5.32 Å². The van der Waals surface area contributed by atoms with Gasteiger partial charge in [0.2, 0.25) is 0 Å². The normalized spacial score (nSPS) is 13.7. The van der Waals surface area contributed by atoms with Gasteiger partial charge in [0.1, 0.15) is 0 Å². The van der Waals surface area contributed by atoms with Gasteiger partial charge in [-0.15, -0.1) is 0 Å². The largest absolute Gasteiger partial charge is 0.456 e. The fraction of sp³-hybridized carbons (Fsp3) is 0.333. The van der Waals surface area contributed by atoms with Gasteiger partial charge in [-0.1, -0.05) is 48.9 Å². The van der Waals surface area contributed by atoms with E-state index in [1.807, 2.05) is 38.1 Å². The van der Waals surface area contributed by atoms with Gasteiger partial charge in [0.05, 0.1) is 17.2 Å². The van der Waals surface area contributed by atoms with Crippen LogP contribution in [0.2, 0.25) is 0 Å². The highest BCUT2D eigenvalue weighted by Gasteiger charge is 2.34. The molecule has 1 aliphatic heterocycles. The third-order valence-corrected chi connectivity index (χ3v) is 5.23. The maximum Gasteiger partial charge on any atom is 0.306 e. The zero-order chi connectivity index (χ0) is 22.4. The molecule has 2 aromatic rings. The van der Waals surface area contributed by atoms with Crippen molar-refractivity contribution in [3.8, 4) is 0 Å². The van der Waals surface area contributed by atoms with Crippen LogP contribution in [0.25, 0.3) is 0 Å². The average molecular weight is 422 g/mol. The Morgan fingerprint density at radius 3 is 2.19 bits per heavy atom. The monoisotopic (exact) mass is 422 g/mol. The summed E-state index contributed by atoms with van der Waals surface area (Å²) in [6, 6.07) is 14.4. The Morgan fingerprint density at radius 2 is 1.61 bits per heavy atom. The summed E-state index contributed by atoms with van der Waals surface area (Å²) in [4.78, 5) is 49.9. The number of hydrogen-bond donors (Lipinski definition) is 1. The molecule has 1 aliphatic rings. The number of imide groups is 1. The summed E-state index contributed by atoms with van der Waals surface area (Å²) in [5.41, 5.74) is 2.89. The first-order chi connectivity index (χ1) is 14.9. The van der Waals surface area contributed by atoms with Gasteiger partial charge in [-0.25, -0.2) is 0 Å². The minimum Gasteiger partial charge on any atom is -0.456 e. The molecule has 0 saturated heterocycles. The van der Waals surface area contributed by atoms with Gasteiger partial charge in [-0.2, -0.15) is 0 Å². The van der Waals surface area contributed by atoms with Crippen molar-refractivity contribution in [3.05, 3.63) is 70.8 Å². The van der Waals surface area contributed by atoms with E-state index in [1.165, 1.54) is 0 Å². The molecule has 7 heteroatoms. The second-order valence-electron chi connectivity index (χ2n) is 7.51. The number of aryl methyl sites for hydroxylation is 1. The number of amides is 3. The zero-order valence-electron chi connectivity index (χ0n) is 17.7. The molecule has 3 rings (SSSR count). The lowest BCUT2D eigenvalue weighted by atomic mass is 10.0. The van der Waals surface area contributed by atoms with E-state index in [4.69, 9.17) is 4.74 Å². The summed E-state index contributed by atoms with van der Waals surface area (Å²) in [5, 5.41) is 2.87. The Bertz CT molecular complexity index is 949. The van der Waals surface area contributed by atoms with Crippen molar-refractivity contribution in [2.24, 2.45) is 0 Å². The van der Waals surface area contributed by atoms with E-state index in [-0.39, 0.29) is 49.8 Å². The number of carbonyl (C=O) groups is 4. The number of nitrogens with zero attached hydrogens (tertiary/aromatic N) is 1. The Kier molecular flexibility index (Phi) is 7.18. The van der Waals surface area contributed by atoms with Gasteiger partial charge in [0, 0.05) is 13.0 Å². The molecule has 0 fully saturated rings. The highest BCUT2D eigenvalue weighted by Crippen LogP contribution is 2.22. The first-order valence-corrected chi connectivity index (χ1v) is 10.4. The zero-order valence-corrected chi connectivity index (χ0v) is 17.7. The van der Waals surface area contributed by atoms with Gasteiger partial charge >= 0.3 is 5.97 Å². The molecule has 0 saturated carbocycles. The molecule has 2 aromatic carbocycles. The highest BCUT2D eigenvalue weighted by atomic mass is 16.5. The Labute approximate surface area is 181 Å². The van der Waals surface area contributed by atoms with Crippen LogP contribution >= 0.6 is 0 Å². The predicted octanol–water partition coefficient (Wildman–Crippen LogP) is 3.18. The topological polar surface area (TPSA) is 92.8 Å². The third kappa shape index (κ3) is 5.36. The second kappa shape index (κ2) is 10.0.